The Morgan fingerprint density at radius 2 is 0.647 bits per heavy atom. The van der Waals surface area contributed by atoms with Crippen LogP contribution >= 0.6 is 0 Å². The van der Waals surface area contributed by atoms with E-state index >= 15 is 0 Å². The van der Waals surface area contributed by atoms with Gasteiger partial charge in [0.25, 0.3) is 0 Å². The van der Waals surface area contributed by atoms with Gasteiger partial charge in [-0.3, -0.25) is 0 Å². The third kappa shape index (κ3) is 5.13. The second-order valence-electron chi connectivity index (χ2n) is 2.98. The molecule has 0 aliphatic heterocycles. The normalized spacial score (nSPS) is 16.5. The molecule has 0 atom stereocenters. The first kappa shape index (κ1) is 15.1. The minimum Gasteiger partial charge on any atom is -0.805 e. The summed E-state index contributed by atoms with van der Waals surface area (Å²) in [7, 11) is 0. The summed E-state index contributed by atoms with van der Waals surface area (Å²) in [5.41, 5.74) is -0.306. The zero-order valence-electron chi connectivity index (χ0n) is 8.72. The van der Waals surface area contributed by atoms with Crippen LogP contribution in [0.2, 0.25) is 0 Å². The van der Waals surface area contributed by atoms with Crippen LogP contribution in [0, 0.1) is 0 Å². The zero-order chi connectivity index (χ0) is 12.0. The molecule has 2 aliphatic rings. The summed E-state index contributed by atoms with van der Waals surface area (Å²) in [5.74, 6) is 0. The maximum Gasteiger partial charge on any atom is 0 e. The molecule has 5 heteroatoms. The van der Waals surface area contributed by atoms with Crippen molar-refractivity contribution in [2.24, 2.45) is 0 Å². The molecular weight excluding hydrogens is 259 g/mol. The van der Waals surface area contributed by atoms with Gasteiger partial charge in [-0.1, -0.05) is 48.6 Å². The van der Waals surface area contributed by atoms with Crippen LogP contribution in [-0.2, 0) is 16.5 Å². The van der Waals surface area contributed by atoms with Crippen molar-refractivity contribution in [3.8, 4) is 0 Å². The molecule has 0 amide bonds. The van der Waals surface area contributed by atoms with Gasteiger partial charge in [-0.2, -0.15) is 22.8 Å². The summed E-state index contributed by atoms with van der Waals surface area (Å²) in [6.07, 6.45) is 12.3. The Kier molecular flexibility index (Phi) is 6.60. The van der Waals surface area contributed by atoms with Gasteiger partial charge in [-0.05, 0) is 0 Å². The van der Waals surface area contributed by atoms with Crippen molar-refractivity contribution in [1.82, 2.24) is 0 Å². The molecule has 0 bridgehead atoms. The quantitative estimate of drug-likeness (QED) is 0.476. The van der Waals surface area contributed by atoms with Crippen molar-refractivity contribution in [2.45, 2.75) is 0 Å². The van der Waals surface area contributed by atoms with Crippen molar-refractivity contribution in [1.29, 1.82) is 0 Å². The van der Waals surface area contributed by atoms with E-state index in [0.717, 1.165) is 0 Å². The first-order valence-corrected chi connectivity index (χ1v) is 4.55. The van der Waals surface area contributed by atoms with Crippen LogP contribution in [0.5, 0.6) is 0 Å². The van der Waals surface area contributed by atoms with Gasteiger partial charge in [0.1, 0.15) is 0 Å². The van der Waals surface area contributed by atoms with Gasteiger partial charge in [0, 0.05) is 16.5 Å². The molecule has 0 spiro atoms. The van der Waals surface area contributed by atoms with Crippen molar-refractivity contribution in [2.75, 3.05) is 0 Å². The number of nitrogens with zero attached hydrogens (tertiary/aromatic N) is 4. The first-order valence-electron chi connectivity index (χ1n) is 4.55. The van der Waals surface area contributed by atoms with Gasteiger partial charge in [0.05, 0.1) is 0 Å². The van der Waals surface area contributed by atoms with E-state index in [1.54, 1.807) is 24.3 Å². The molecular formula is C12H8N4Ni-4. The Balaban J connectivity index is 0.000000284. The molecule has 0 heterocycles. The second-order valence-corrected chi connectivity index (χ2v) is 2.98. The molecule has 4 nitrogen and oxygen atoms in total. The van der Waals surface area contributed by atoms with E-state index in [1.165, 1.54) is 24.3 Å². The van der Waals surface area contributed by atoms with Gasteiger partial charge in [-0.15, -0.1) is 0 Å². The standard InChI is InChI=1S/2C6H4N2.Ni/c2*7-5-3-1-2-4-6(5)8;/h2*1-4H;/q2*-2;. The summed E-state index contributed by atoms with van der Waals surface area (Å²) >= 11 is 0. The summed E-state index contributed by atoms with van der Waals surface area (Å²) in [6, 6.07) is 0. The minimum absolute atomic E-state index is 0. The van der Waals surface area contributed by atoms with E-state index in [0.29, 0.717) is 0 Å². The number of allylic oxidation sites excluding steroid dienone is 8. The molecule has 2 rings (SSSR count). The SMILES string of the molecule is [N-]=C1C=CC=CC1=[N-].[N-]=C1C=CC=CC1=[N-].[Ni]. The summed E-state index contributed by atoms with van der Waals surface area (Å²) < 4.78 is 0. The van der Waals surface area contributed by atoms with Gasteiger partial charge < -0.3 is 21.6 Å². The van der Waals surface area contributed by atoms with E-state index in [2.05, 4.69) is 0 Å². The monoisotopic (exact) mass is 266 g/mol. The molecule has 0 fully saturated rings. The van der Waals surface area contributed by atoms with Crippen LogP contribution < -0.4 is 0 Å². The van der Waals surface area contributed by atoms with Gasteiger partial charge in [0.2, 0.25) is 0 Å². The van der Waals surface area contributed by atoms with Crippen molar-refractivity contribution in [3.63, 3.8) is 0 Å². The fraction of sp³-hybridized carbons (Fsp3) is 0. The van der Waals surface area contributed by atoms with E-state index in [9.17, 15) is 0 Å². The molecule has 0 aromatic rings. The summed E-state index contributed by atoms with van der Waals surface area (Å²) in [5, 5.41) is 34.7. The Bertz CT molecular complexity index is 379. The Morgan fingerprint density at radius 1 is 0.471 bits per heavy atom. The fourth-order valence-corrected chi connectivity index (χ4v) is 0.928. The molecule has 0 aromatic carbocycles. The van der Waals surface area contributed by atoms with Crippen molar-refractivity contribution >= 4 is 22.8 Å². The summed E-state index contributed by atoms with van der Waals surface area (Å²) in [4.78, 5) is 0. The Morgan fingerprint density at radius 3 is 0.765 bits per heavy atom. The largest absolute Gasteiger partial charge is 0.805 e. The molecule has 0 radical (unpaired) electrons. The van der Waals surface area contributed by atoms with Gasteiger partial charge >= 0.3 is 0 Å². The Hall–Kier alpha value is -1.87. The first-order chi connectivity index (χ1) is 7.61. The van der Waals surface area contributed by atoms with E-state index < -0.39 is 0 Å². The molecule has 2 aliphatic carbocycles. The van der Waals surface area contributed by atoms with Crippen LogP contribution in [0.1, 0.15) is 0 Å². The smallest absolute Gasteiger partial charge is 0 e. The molecule has 0 N–H and O–H groups in total. The summed E-state index contributed by atoms with van der Waals surface area (Å²) in [6.45, 7) is 0. The Labute approximate surface area is 110 Å². The molecule has 17 heavy (non-hydrogen) atoms. The fourth-order valence-electron chi connectivity index (χ4n) is 0.928. The molecule has 90 valence electrons. The average molecular weight is 267 g/mol. The van der Waals surface area contributed by atoms with Crippen LogP contribution in [-0.4, -0.2) is 22.8 Å². The van der Waals surface area contributed by atoms with E-state index in [-0.39, 0.29) is 39.3 Å². The predicted molar refractivity (Wildman–Crippen MR) is 70.0 cm³/mol. The predicted octanol–water partition coefficient (Wildman–Crippen LogP) is 2.26. The van der Waals surface area contributed by atoms with Crippen molar-refractivity contribution in [3.05, 3.63) is 70.2 Å². The van der Waals surface area contributed by atoms with Crippen LogP contribution in [0.25, 0.3) is 21.6 Å². The van der Waals surface area contributed by atoms with Crippen LogP contribution in [0.15, 0.2) is 48.6 Å². The number of hydrogen-bond donors (Lipinski definition) is 0. The topological polar surface area (TPSA) is 89.2 Å². The van der Waals surface area contributed by atoms with E-state index in [1.807, 2.05) is 0 Å². The van der Waals surface area contributed by atoms with Crippen LogP contribution in [0.3, 0.4) is 0 Å². The minimum atomic E-state index is -0.0764. The van der Waals surface area contributed by atoms with Gasteiger partial charge in [0.15, 0.2) is 0 Å². The maximum absolute atomic E-state index is 8.67. The molecule has 0 unspecified atom stereocenters. The zero-order valence-corrected chi connectivity index (χ0v) is 9.71. The third-order valence-electron chi connectivity index (χ3n) is 1.76. The number of rotatable bonds is 0. The second kappa shape index (κ2) is 7.41. The maximum atomic E-state index is 8.67. The van der Waals surface area contributed by atoms with Crippen molar-refractivity contribution < 1.29 is 16.5 Å². The van der Waals surface area contributed by atoms with Gasteiger partial charge in [-0.25, -0.2) is 0 Å². The molecule has 0 saturated carbocycles. The molecule has 0 aromatic heterocycles. The van der Waals surface area contributed by atoms with Crippen LogP contribution in [0.4, 0.5) is 0 Å². The third-order valence-corrected chi connectivity index (χ3v) is 1.76. The average Bonchev–Trinajstić information content (AvgIpc) is 2.28. The number of hydrogen-bond acceptors (Lipinski definition) is 0. The van der Waals surface area contributed by atoms with E-state index in [4.69, 9.17) is 21.6 Å². The molecule has 0 saturated heterocycles.